The van der Waals surface area contributed by atoms with E-state index < -0.39 is 0 Å². The highest BCUT2D eigenvalue weighted by atomic mass is 32.2. The van der Waals surface area contributed by atoms with E-state index in [0.29, 0.717) is 11.3 Å². The van der Waals surface area contributed by atoms with Crippen LogP contribution in [0.4, 0.5) is 5.69 Å². The lowest BCUT2D eigenvalue weighted by Gasteiger charge is -2.14. The quantitative estimate of drug-likeness (QED) is 0.643. The fourth-order valence-electron chi connectivity index (χ4n) is 2.14. The number of benzene rings is 2. The van der Waals surface area contributed by atoms with Crippen LogP contribution in [0.15, 0.2) is 47.4 Å². The van der Waals surface area contributed by atoms with Gasteiger partial charge >= 0.3 is 0 Å². The Morgan fingerprint density at radius 1 is 1.09 bits per heavy atom. The van der Waals surface area contributed by atoms with Crippen LogP contribution in [0.5, 0.6) is 0 Å². The van der Waals surface area contributed by atoms with Crippen LogP contribution in [-0.4, -0.2) is 16.9 Å². The van der Waals surface area contributed by atoms with E-state index in [-0.39, 0.29) is 16.9 Å². The van der Waals surface area contributed by atoms with Crippen LogP contribution in [0.1, 0.15) is 35.3 Å². The summed E-state index contributed by atoms with van der Waals surface area (Å²) in [6, 6.07) is 13.2. The lowest BCUT2D eigenvalue weighted by atomic mass is 10.1. The van der Waals surface area contributed by atoms with Crippen molar-refractivity contribution < 1.29 is 9.59 Å². The zero-order valence-corrected chi connectivity index (χ0v) is 14.7. The highest BCUT2D eigenvalue weighted by molar-refractivity contribution is 8.00. The number of amides is 1. The van der Waals surface area contributed by atoms with Crippen molar-refractivity contribution in [3.05, 3.63) is 59.2 Å². The Hall–Kier alpha value is -2.07. The van der Waals surface area contributed by atoms with Gasteiger partial charge in [0.25, 0.3) is 0 Å². The number of aryl methyl sites for hydroxylation is 2. The highest BCUT2D eigenvalue weighted by Gasteiger charge is 2.16. The summed E-state index contributed by atoms with van der Waals surface area (Å²) >= 11 is 1.54. The van der Waals surface area contributed by atoms with Crippen molar-refractivity contribution in [2.24, 2.45) is 0 Å². The van der Waals surface area contributed by atoms with Gasteiger partial charge in [0.15, 0.2) is 5.78 Å². The summed E-state index contributed by atoms with van der Waals surface area (Å²) in [6.45, 7) is 7.49. The second kappa shape index (κ2) is 7.47. The average molecular weight is 327 g/mol. The molecule has 120 valence electrons. The number of nitrogens with one attached hydrogen (secondary N) is 1. The fourth-order valence-corrected chi connectivity index (χ4v) is 3.19. The molecule has 0 aliphatic carbocycles. The molecule has 0 bridgehead atoms. The van der Waals surface area contributed by atoms with Crippen molar-refractivity contribution >= 4 is 29.1 Å². The van der Waals surface area contributed by atoms with Gasteiger partial charge in [-0.1, -0.05) is 29.8 Å². The monoisotopic (exact) mass is 327 g/mol. The SMILES string of the molecule is CC(=O)c1cccc(NC(=O)[C@@H](C)Sc2cc(C)ccc2C)c1. The van der Waals surface area contributed by atoms with Crippen molar-refractivity contribution in [3.63, 3.8) is 0 Å². The summed E-state index contributed by atoms with van der Waals surface area (Å²) < 4.78 is 0. The van der Waals surface area contributed by atoms with E-state index in [1.54, 1.807) is 36.0 Å². The Morgan fingerprint density at radius 3 is 2.52 bits per heavy atom. The van der Waals surface area contributed by atoms with E-state index in [1.165, 1.54) is 18.1 Å². The first-order valence-corrected chi connectivity index (χ1v) is 8.40. The van der Waals surface area contributed by atoms with Gasteiger partial charge in [0.1, 0.15) is 0 Å². The summed E-state index contributed by atoms with van der Waals surface area (Å²) in [5.74, 6) is -0.0875. The van der Waals surface area contributed by atoms with Crippen LogP contribution in [0, 0.1) is 13.8 Å². The Labute approximate surface area is 141 Å². The van der Waals surface area contributed by atoms with Gasteiger partial charge in [-0.15, -0.1) is 11.8 Å². The number of carbonyl (C=O) groups is 2. The smallest absolute Gasteiger partial charge is 0.237 e. The molecule has 0 aliphatic rings. The molecule has 0 heterocycles. The minimum absolute atomic E-state index is 0.0149. The first-order valence-electron chi connectivity index (χ1n) is 7.52. The first-order chi connectivity index (χ1) is 10.9. The van der Waals surface area contributed by atoms with E-state index in [9.17, 15) is 9.59 Å². The average Bonchev–Trinajstić information content (AvgIpc) is 2.51. The third kappa shape index (κ3) is 4.70. The molecule has 1 atom stereocenters. The maximum atomic E-state index is 12.4. The molecule has 0 unspecified atom stereocenters. The number of thioether (sulfide) groups is 1. The van der Waals surface area contributed by atoms with Crippen molar-refractivity contribution in [2.75, 3.05) is 5.32 Å². The predicted octanol–water partition coefficient (Wildman–Crippen LogP) is 4.63. The Balaban J connectivity index is 2.07. The first kappa shape index (κ1) is 17.3. The van der Waals surface area contributed by atoms with Crippen LogP contribution < -0.4 is 5.32 Å². The lowest BCUT2D eigenvalue weighted by molar-refractivity contribution is -0.115. The van der Waals surface area contributed by atoms with Crippen molar-refractivity contribution in [2.45, 2.75) is 37.8 Å². The second-order valence-electron chi connectivity index (χ2n) is 5.66. The molecule has 2 rings (SSSR count). The van der Waals surface area contributed by atoms with Gasteiger partial charge in [0, 0.05) is 16.1 Å². The number of anilines is 1. The molecule has 3 nitrogen and oxygen atoms in total. The summed E-state index contributed by atoms with van der Waals surface area (Å²) in [4.78, 5) is 24.9. The summed E-state index contributed by atoms with van der Waals surface area (Å²) in [6.07, 6.45) is 0. The van der Waals surface area contributed by atoms with Crippen LogP contribution in [-0.2, 0) is 4.79 Å². The van der Waals surface area contributed by atoms with Crippen LogP contribution in [0.25, 0.3) is 0 Å². The molecule has 0 spiro atoms. The zero-order valence-electron chi connectivity index (χ0n) is 13.8. The Bertz CT molecular complexity index is 740. The third-order valence-corrected chi connectivity index (χ3v) is 4.81. The number of hydrogen-bond donors (Lipinski definition) is 1. The van der Waals surface area contributed by atoms with Gasteiger partial charge in [-0.2, -0.15) is 0 Å². The molecular formula is C19H21NO2S. The molecule has 0 aromatic heterocycles. The molecule has 2 aromatic rings. The predicted molar refractivity (Wildman–Crippen MR) is 96.3 cm³/mol. The minimum atomic E-state index is -0.225. The van der Waals surface area contributed by atoms with E-state index in [4.69, 9.17) is 0 Å². The second-order valence-corrected chi connectivity index (χ2v) is 7.04. The molecule has 0 saturated carbocycles. The van der Waals surface area contributed by atoms with E-state index in [0.717, 1.165) is 4.90 Å². The number of rotatable bonds is 5. The molecule has 4 heteroatoms. The van der Waals surface area contributed by atoms with Crippen LogP contribution >= 0.6 is 11.8 Å². The van der Waals surface area contributed by atoms with Crippen molar-refractivity contribution in [1.29, 1.82) is 0 Å². The lowest BCUT2D eigenvalue weighted by Crippen LogP contribution is -2.22. The Kier molecular flexibility index (Phi) is 5.61. The molecule has 0 radical (unpaired) electrons. The molecule has 2 aromatic carbocycles. The van der Waals surface area contributed by atoms with Gasteiger partial charge < -0.3 is 5.32 Å². The van der Waals surface area contributed by atoms with Gasteiger partial charge in [0.2, 0.25) is 5.91 Å². The van der Waals surface area contributed by atoms with E-state index >= 15 is 0 Å². The normalized spacial score (nSPS) is 11.8. The number of hydrogen-bond acceptors (Lipinski definition) is 3. The largest absolute Gasteiger partial charge is 0.325 e. The van der Waals surface area contributed by atoms with Crippen molar-refractivity contribution in [1.82, 2.24) is 0 Å². The van der Waals surface area contributed by atoms with E-state index in [1.807, 2.05) is 20.8 Å². The summed E-state index contributed by atoms with van der Waals surface area (Å²) in [5, 5.41) is 2.65. The topological polar surface area (TPSA) is 46.2 Å². The maximum absolute atomic E-state index is 12.4. The number of Topliss-reactive ketones (excluding diaryl/α,β-unsaturated/α-hetero) is 1. The maximum Gasteiger partial charge on any atom is 0.237 e. The van der Waals surface area contributed by atoms with Gasteiger partial charge in [0.05, 0.1) is 5.25 Å². The summed E-state index contributed by atoms with van der Waals surface area (Å²) in [7, 11) is 0. The molecule has 0 aliphatic heterocycles. The molecule has 0 fully saturated rings. The standard InChI is InChI=1S/C19H21NO2S/c1-12-8-9-13(2)18(10-12)23-15(4)19(22)20-17-7-5-6-16(11-17)14(3)21/h5-11,15H,1-4H3,(H,20,22)/t15-/m1/s1. The van der Waals surface area contributed by atoms with Crippen LogP contribution in [0.2, 0.25) is 0 Å². The third-order valence-electron chi connectivity index (χ3n) is 3.55. The highest BCUT2D eigenvalue weighted by Crippen LogP contribution is 2.28. The molecular weight excluding hydrogens is 306 g/mol. The van der Waals surface area contributed by atoms with Gasteiger partial charge in [-0.25, -0.2) is 0 Å². The Morgan fingerprint density at radius 2 is 1.83 bits per heavy atom. The van der Waals surface area contributed by atoms with Crippen molar-refractivity contribution in [3.8, 4) is 0 Å². The van der Waals surface area contributed by atoms with Crippen LogP contribution in [0.3, 0.4) is 0 Å². The molecule has 1 amide bonds. The zero-order chi connectivity index (χ0) is 17.0. The van der Waals surface area contributed by atoms with Gasteiger partial charge in [-0.3, -0.25) is 9.59 Å². The van der Waals surface area contributed by atoms with E-state index in [2.05, 4.69) is 23.5 Å². The van der Waals surface area contributed by atoms with Gasteiger partial charge in [-0.05, 0) is 51.5 Å². The molecule has 0 saturated heterocycles. The molecule has 23 heavy (non-hydrogen) atoms. The minimum Gasteiger partial charge on any atom is -0.325 e. The number of carbonyl (C=O) groups excluding carboxylic acids is 2. The number of ketones is 1. The fraction of sp³-hybridized carbons (Fsp3) is 0.263. The molecule has 1 N–H and O–H groups in total. The summed E-state index contributed by atoms with van der Waals surface area (Å²) in [5.41, 5.74) is 3.59.